The lowest BCUT2D eigenvalue weighted by atomic mass is 9.55. The number of carboxylic acids is 1. The maximum Gasteiger partial charge on any atom is 0.307 e. The first-order valence-corrected chi connectivity index (χ1v) is 13.8. The van der Waals surface area contributed by atoms with Crippen molar-refractivity contribution in [1.29, 1.82) is 0 Å². The molecule has 0 spiro atoms. The summed E-state index contributed by atoms with van der Waals surface area (Å²) in [7, 11) is 3.08. The molecule has 0 saturated carbocycles. The van der Waals surface area contributed by atoms with Crippen molar-refractivity contribution in [3.05, 3.63) is 52.0 Å². The number of aromatic hydroxyl groups is 1. The number of rotatable bonds is 5. The van der Waals surface area contributed by atoms with Crippen molar-refractivity contribution >= 4 is 23.4 Å². The number of phenolic OH excluding ortho intramolecular Hbond substituents is 1. The Morgan fingerprint density at radius 2 is 1.83 bits per heavy atom. The fourth-order valence-corrected chi connectivity index (χ4v) is 7.16. The molecule has 1 saturated heterocycles. The van der Waals surface area contributed by atoms with Crippen LogP contribution in [0.2, 0.25) is 0 Å². The number of hydrogen-bond acceptors (Lipinski definition) is 11. The van der Waals surface area contributed by atoms with Crippen LogP contribution in [0.4, 0.5) is 0 Å². The highest BCUT2D eigenvalue weighted by Gasteiger charge is 2.65. The first-order valence-electron chi connectivity index (χ1n) is 13.8. The number of Topliss-reactive ketones (excluding diaryl/α,β-unsaturated/α-hetero) is 2. The molecular formula is C29H35N3O10. The second kappa shape index (κ2) is 10.2. The molecule has 6 atom stereocenters. The third-order valence-electron chi connectivity index (χ3n) is 9.32. The Morgan fingerprint density at radius 3 is 2.48 bits per heavy atom. The molecular weight excluding hydrogens is 550 g/mol. The summed E-state index contributed by atoms with van der Waals surface area (Å²) < 4.78 is 0. The molecule has 13 nitrogen and oxygen atoms in total. The Labute approximate surface area is 241 Å². The molecule has 1 amide bonds. The number of likely N-dealkylation sites (tertiary alicyclic amines) is 1. The predicted molar refractivity (Wildman–Crippen MR) is 145 cm³/mol. The van der Waals surface area contributed by atoms with E-state index in [1.807, 2.05) is 0 Å². The van der Waals surface area contributed by atoms with Crippen molar-refractivity contribution in [2.75, 3.05) is 33.9 Å². The van der Waals surface area contributed by atoms with Crippen LogP contribution >= 0.6 is 0 Å². The van der Waals surface area contributed by atoms with Crippen LogP contribution in [0, 0.1) is 17.8 Å². The van der Waals surface area contributed by atoms with Crippen LogP contribution in [0.1, 0.15) is 42.1 Å². The van der Waals surface area contributed by atoms with E-state index in [-0.39, 0.29) is 30.8 Å². The first kappa shape index (κ1) is 29.7. The van der Waals surface area contributed by atoms with Crippen LogP contribution in [0.5, 0.6) is 5.75 Å². The SMILES string of the molecule is CN(C)[C@@H]1C(O)=C(C(=O)NCN2CCCC(C(=O)O)C2)C(=O)[C@@]2(O)C(O)=C3C(=O)c4c(O)cccc4[C@@](C)(O)[C@H]3C[C@@H]12. The number of nitrogens with zero attached hydrogens (tertiary/aromatic N) is 2. The van der Waals surface area contributed by atoms with Crippen LogP contribution in [-0.4, -0.2) is 109 Å². The Balaban J connectivity index is 1.55. The molecule has 1 heterocycles. The van der Waals surface area contributed by atoms with Gasteiger partial charge in [0.15, 0.2) is 11.4 Å². The Morgan fingerprint density at radius 1 is 1.14 bits per heavy atom. The molecule has 1 aromatic rings. The molecule has 226 valence electrons. The third kappa shape index (κ3) is 4.22. The first-order chi connectivity index (χ1) is 19.6. The zero-order chi connectivity index (χ0) is 30.9. The zero-order valence-corrected chi connectivity index (χ0v) is 23.5. The molecule has 7 N–H and O–H groups in total. The number of carboxylic acid groups (broad SMARTS) is 1. The van der Waals surface area contributed by atoms with Gasteiger partial charge in [-0.15, -0.1) is 0 Å². The van der Waals surface area contributed by atoms with Gasteiger partial charge >= 0.3 is 5.97 Å². The molecule has 3 aliphatic carbocycles. The van der Waals surface area contributed by atoms with Gasteiger partial charge in [0.2, 0.25) is 5.78 Å². The number of ketones is 2. The van der Waals surface area contributed by atoms with Gasteiger partial charge in [-0.2, -0.15) is 0 Å². The number of nitrogens with one attached hydrogen (secondary N) is 1. The summed E-state index contributed by atoms with van der Waals surface area (Å²) in [5.41, 5.74) is -6.03. The molecule has 1 aromatic carbocycles. The number of carbonyl (C=O) groups excluding carboxylic acids is 3. The van der Waals surface area contributed by atoms with Crippen LogP contribution in [0.25, 0.3) is 0 Å². The Hall–Kier alpha value is -3.78. The minimum atomic E-state index is -2.81. The van der Waals surface area contributed by atoms with Crippen LogP contribution in [0.15, 0.2) is 40.9 Å². The lowest BCUT2D eigenvalue weighted by Gasteiger charge is -2.52. The summed E-state index contributed by atoms with van der Waals surface area (Å²) in [5, 5.41) is 68.7. The van der Waals surface area contributed by atoms with Gasteiger partial charge in [-0.1, -0.05) is 12.1 Å². The van der Waals surface area contributed by atoms with E-state index in [1.54, 1.807) is 19.0 Å². The van der Waals surface area contributed by atoms with Crippen LogP contribution < -0.4 is 5.32 Å². The number of aliphatic hydroxyl groups excluding tert-OH is 2. The van der Waals surface area contributed by atoms with Gasteiger partial charge in [0.05, 0.1) is 29.8 Å². The zero-order valence-electron chi connectivity index (χ0n) is 23.5. The van der Waals surface area contributed by atoms with Gasteiger partial charge in [0.1, 0.15) is 22.8 Å². The van der Waals surface area contributed by atoms with Crippen molar-refractivity contribution in [3.8, 4) is 5.75 Å². The highest BCUT2D eigenvalue weighted by atomic mass is 16.4. The highest BCUT2D eigenvalue weighted by Crippen LogP contribution is 2.56. The summed E-state index contributed by atoms with van der Waals surface area (Å²) >= 11 is 0. The molecule has 13 heteroatoms. The molecule has 4 aliphatic rings. The second-order valence-corrected chi connectivity index (χ2v) is 12.0. The van der Waals surface area contributed by atoms with Gasteiger partial charge in [0.25, 0.3) is 5.91 Å². The number of hydrogen-bond donors (Lipinski definition) is 7. The standard InChI is InChI=1S/C29H35N3O10/c1-28(41)14-7-4-8-17(33)18(14)22(34)19-15(28)10-16-21(31(2)3)23(35)20(25(37)29(16,42)24(19)36)26(38)30-12-32-9-5-6-13(11-32)27(39)40/h4,7-8,13,15-16,21,33,35-36,41-42H,5-6,9-12H2,1-3H3,(H,30,38)(H,39,40)/t13?,15-,16-,21-,28+,29-/m0/s1. The number of phenols is 1. The fourth-order valence-electron chi connectivity index (χ4n) is 7.16. The maximum atomic E-state index is 13.9. The summed E-state index contributed by atoms with van der Waals surface area (Å²) in [6, 6.07) is 2.99. The van der Waals surface area contributed by atoms with Crippen molar-refractivity contribution in [2.45, 2.75) is 43.4 Å². The Bertz CT molecular complexity index is 1450. The van der Waals surface area contributed by atoms with E-state index in [0.717, 1.165) is 0 Å². The quantitative estimate of drug-likeness (QED) is 0.231. The molecule has 1 unspecified atom stereocenters. The van der Waals surface area contributed by atoms with Gasteiger partial charge in [-0.25, -0.2) is 0 Å². The van der Waals surface area contributed by atoms with E-state index < -0.39 is 86.9 Å². The normalized spacial score (nSPS) is 33.3. The lowest BCUT2D eigenvalue weighted by Crippen LogP contribution is -2.65. The monoisotopic (exact) mass is 585 g/mol. The third-order valence-corrected chi connectivity index (χ3v) is 9.32. The summed E-state index contributed by atoms with van der Waals surface area (Å²) in [5.74, 6) is -9.34. The van der Waals surface area contributed by atoms with E-state index in [4.69, 9.17) is 0 Å². The second-order valence-electron chi connectivity index (χ2n) is 12.0. The van der Waals surface area contributed by atoms with Crippen molar-refractivity contribution in [2.24, 2.45) is 17.8 Å². The largest absolute Gasteiger partial charge is 0.510 e. The molecule has 1 aliphatic heterocycles. The van der Waals surface area contributed by atoms with Crippen LogP contribution in [-0.2, 0) is 20.0 Å². The average molecular weight is 586 g/mol. The van der Waals surface area contributed by atoms with E-state index in [2.05, 4.69) is 5.32 Å². The number of amides is 1. The fraction of sp³-hybridized carbons (Fsp3) is 0.517. The summed E-state index contributed by atoms with van der Waals surface area (Å²) in [6.07, 6.45) is 0.844. The Kier molecular flexibility index (Phi) is 7.21. The van der Waals surface area contributed by atoms with E-state index in [9.17, 15) is 49.8 Å². The average Bonchev–Trinajstić information content (AvgIpc) is 2.92. The van der Waals surface area contributed by atoms with Gasteiger partial charge in [-0.05, 0) is 58.5 Å². The van der Waals surface area contributed by atoms with Gasteiger partial charge < -0.3 is 36.0 Å². The number of aliphatic carboxylic acids is 1. The topological polar surface area (TPSA) is 208 Å². The number of likely N-dealkylation sites (N-methyl/N-ethyl adjacent to an activating group) is 1. The molecule has 0 aromatic heterocycles. The highest BCUT2D eigenvalue weighted by molar-refractivity contribution is 6.25. The minimum Gasteiger partial charge on any atom is -0.510 e. The van der Waals surface area contributed by atoms with Crippen molar-refractivity contribution in [3.63, 3.8) is 0 Å². The van der Waals surface area contributed by atoms with Crippen LogP contribution in [0.3, 0.4) is 0 Å². The molecule has 0 radical (unpaired) electrons. The van der Waals surface area contributed by atoms with E-state index in [0.29, 0.717) is 19.4 Å². The van der Waals surface area contributed by atoms with E-state index >= 15 is 0 Å². The predicted octanol–water partition coefficient (Wildman–Crippen LogP) is 0.171. The van der Waals surface area contributed by atoms with E-state index in [1.165, 1.54) is 30.0 Å². The molecule has 0 bridgehead atoms. The van der Waals surface area contributed by atoms with Crippen molar-refractivity contribution < 1.29 is 49.8 Å². The minimum absolute atomic E-state index is 0.116. The van der Waals surface area contributed by atoms with Gasteiger partial charge in [0, 0.05) is 24.0 Å². The summed E-state index contributed by atoms with van der Waals surface area (Å²) in [4.78, 5) is 55.5. The maximum absolute atomic E-state index is 13.9. The molecule has 5 rings (SSSR count). The number of fused-ring (bicyclic) bond motifs is 3. The molecule has 1 fully saturated rings. The number of carbonyl (C=O) groups is 4. The number of benzene rings is 1. The number of aliphatic hydroxyl groups is 4. The molecule has 42 heavy (non-hydrogen) atoms. The van der Waals surface area contributed by atoms with Crippen molar-refractivity contribution in [1.82, 2.24) is 15.1 Å². The van der Waals surface area contributed by atoms with Gasteiger partial charge in [-0.3, -0.25) is 29.0 Å². The number of piperidine rings is 1. The summed E-state index contributed by atoms with van der Waals surface area (Å²) in [6.45, 7) is 1.94. The smallest absolute Gasteiger partial charge is 0.307 e. The lowest BCUT2D eigenvalue weighted by molar-refractivity contribution is -0.152.